The topological polar surface area (TPSA) is 112 Å². The van der Waals surface area contributed by atoms with Crippen molar-refractivity contribution in [1.29, 1.82) is 0 Å². The first-order valence-corrected chi connectivity index (χ1v) is 5.92. The van der Waals surface area contributed by atoms with E-state index in [2.05, 4.69) is 20.2 Å². The molecule has 2 aromatic rings. The molecule has 0 spiro atoms. The fourth-order valence-electron chi connectivity index (χ4n) is 1.94. The number of imidazole rings is 1. The molecule has 0 aliphatic rings. The average molecular weight is 264 g/mol. The first-order chi connectivity index (χ1) is 9.06. The molecular weight excluding hydrogens is 248 g/mol. The summed E-state index contributed by atoms with van der Waals surface area (Å²) in [6, 6.07) is -0.196. The Kier molecular flexibility index (Phi) is 3.50. The number of aryl methyl sites for hydroxylation is 1. The fourth-order valence-corrected chi connectivity index (χ4v) is 1.94. The molecule has 8 heteroatoms. The Labute approximate surface area is 110 Å². The second-order valence-electron chi connectivity index (χ2n) is 4.03. The van der Waals surface area contributed by atoms with E-state index in [0.717, 1.165) is 0 Å². The zero-order chi connectivity index (χ0) is 14.0. The van der Waals surface area contributed by atoms with Gasteiger partial charge in [-0.05, 0) is 20.8 Å². The minimum absolute atomic E-state index is 0.130. The van der Waals surface area contributed by atoms with Crippen molar-refractivity contribution in [2.24, 2.45) is 0 Å². The third-order valence-electron chi connectivity index (χ3n) is 2.81. The van der Waals surface area contributed by atoms with E-state index in [1.54, 1.807) is 18.4 Å². The van der Waals surface area contributed by atoms with Crippen LogP contribution >= 0.6 is 0 Å². The highest BCUT2D eigenvalue weighted by atomic mass is 16.5. The number of esters is 1. The summed E-state index contributed by atoms with van der Waals surface area (Å²) < 4.78 is 6.63. The highest BCUT2D eigenvalue weighted by Crippen LogP contribution is 2.23. The predicted molar refractivity (Wildman–Crippen MR) is 67.5 cm³/mol. The highest BCUT2D eigenvalue weighted by molar-refractivity contribution is 5.92. The first-order valence-electron chi connectivity index (χ1n) is 5.92. The second-order valence-corrected chi connectivity index (χ2v) is 4.03. The standard InChI is InChI=1S/C11H16N6O2/c1-4-19-11(18)8-9(12)17(7(3)15-8)6(2)10-13-5-14-16-10/h5-6H,4,12H2,1-3H3,(H,13,14,16). The number of nitrogens with one attached hydrogen (secondary N) is 1. The quantitative estimate of drug-likeness (QED) is 0.785. The van der Waals surface area contributed by atoms with E-state index in [-0.39, 0.29) is 24.2 Å². The van der Waals surface area contributed by atoms with E-state index in [4.69, 9.17) is 10.5 Å². The number of H-pyrrole nitrogens is 1. The van der Waals surface area contributed by atoms with Gasteiger partial charge in [-0.2, -0.15) is 5.10 Å². The van der Waals surface area contributed by atoms with Crippen LogP contribution in [0.25, 0.3) is 0 Å². The van der Waals surface area contributed by atoms with E-state index >= 15 is 0 Å². The van der Waals surface area contributed by atoms with Crippen LogP contribution in [0.4, 0.5) is 5.82 Å². The minimum atomic E-state index is -0.522. The maximum atomic E-state index is 11.7. The molecule has 0 bridgehead atoms. The van der Waals surface area contributed by atoms with Crippen molar-refractivity contribution in [3.63, 3.8) is 0 Å². The van der Waals surface area contributed by atoms with Gasteiger partial charge in [-0.3, -0.25) is 5.10 Å². The van der Waals surface area contributed by atoms with Gasteiger partial charge in [0.05, 0.1) is 12.6 Å². The number of hydrogen-bond acceptors (Lipinski definition) is 6. The number of rotatable bonds is 4. The van der Waals surface area contributed by atoms with Crippen molar-refractivity contribution in [2.75, 3.05) is 12.3 Å². The summed E-state index contributed by atoms with van der Waals surface area (Å²) >= 11 is 0. The molecule has 2 rings (SSSR count). The number of hydrogen-bond donors (Lipinski definition) is 2. The van der Waals surface area contributed by atoms with Crippen LogP contribution < -0.4 is 5.73 Å². The maximum absolute atomic E-state index is 11.7. The lowest BCUT2D eigenvalue weighted by Gasteiger charge is -2.14. The Bertz CT molecular complexity index is 574. The summed E-state index contributed by atoms with van der Waals surface area (Å²) in [5.74, 6) is 0.999. The second kappa shape index (κ2) is 5.09. The number of aromatic nitrogens is 5. The largest absolute Gasteiger partial charge is 0.461 e. The van der Waals surface area contributed by atoms with Crippen molar-refractivity contribution < 1.29 is 9.53 Å². The van der Waals surface area contributed by atoms with Crippen LogP contribution in [-0.4, -0.2) is 37.3 Å². The molecule has 0 aliphatic carbocycles. The van der Waals surface area contributed by atoms with Crippen LogP contribution in [0.5, 0.6) is 0 Å². The molecule has 0 aromatic carbocycles. The monoisotopic (exact) mass is 264 g/mol. The van der Waals surface area contributed by atoms with E-state index in [9.17, 15) is 4.79 Å². The van der Waals surface area contributed by atoms with Crippen molar-refractivity contribution >= 4 is 11.8 Å². The Morgan fingerprint density at radius 1 is 1.63 bits per heavy atom. The van der Waals surface area contributed by atoms with Crippen LogP contribution in [0.1, 0.15) is 42.0 Å². The maximum Gasteiger partial charge on any atom is 0.360 e. The number of nitrogens with two attached hydrogens (primary N) is 1. The molecule has 0 radical (unpaired) electrons. The lowest BCUT2D eigenvalue weighted by Crippen LogP contribution is -2.14. The molecule has 0 amide bonds. The van der Waals surface area contributed by atoms with Crippen LogP contribution in [0.2, 0.25) is 0 Å². The van der Waals surface area contributed by atoms with Gasteiger partial charge in [-0.1, -0.05) is 0 Å². The van der Waals surface area contributed by atoms with Gasteiger partial charge in [0, 0.05) is 0 Å². The molecule has 1 atom stereocenters. The average Bonchev–Trinajstić information content (AvgIpc) is 2.97. The summed E-state index contributed by atoms with van der Waals surface area (Å²) in [7, 11) is 0. The Balaban J connectivity index is 2.39. The van der Waals surface area contributed by atoms with E-state index in [0.29, 0.717) is 11.6 Å². The van der Waals surface area contributed by atoms with Gasteiger partial charge in [0.2, 0.25) is 0 Å². The molecule has 2 heterocycles. The summed E-state index contributed by atoms with van der Waals surface area (Å²) in [6.07, 6.45) is 1.42. The number of nitrogens with zero attached hydrogens (tertiary/aromatic N) is 4. The van der Waals surface area contributed by atoms with Gasteiger partial charge < -0.3 is 15.0 Å². The fraction of sp³-hybridized carbons (Fsp3) is 0.455. The van der Waals surface area contributed by atoms with Gasteiger partial charge in [0.15, 0.2) is 5.69 Å². The number of aromatic amines is 1. The van der Waals surface area contributed by atoms with Crippen molar-refractivity contribution in [3.8, 4) is 0 Å². The van der Waals surface area contributed by atoms with Crippen LogP contribution in [0, 0.1) is 6.92 Å². The molecule has 8 nitrogen and oxygen atoms in total. The molecule has 0 saturated heterocycles. The molecule has 102 valence electrons. The van der Waals surface area contributed by atoms with E-state index in [1.807, 2.05) is 6.92 Å². The van der Waals surface area contributed by atoms with Crippen molar-refractivity contribution in [3.05, 3.63) is 23.7 Å². The molecule has 0 saturated carbocycles. The summed E-state index contributed by atoms with van der Waals surface area (Å²) in [4.78, 5) is 20.0. The molecule has 0 aliphatic heterocycles. The molecule has 0 fully saturated rings. The Hall–Kier alpha value is -2.38. The number of carbonyl (C=O) groups is 1. The minimum Gasteiger partial charge on any atom is -0.461 e. The highest BCUT2D eigenvalue weighted by Gasteiger charge is 2.24. The van der Waals surface area contributed by atoms with E-state index < -0.39 is 5.97 Å². The molecule has 3 N–H and O–H groups in total. The lowest BCUT2D eigenvalue weighted by atomic mass is 10.3. The predicted octanol–water partition coefficient (Wildman–Crippen LogP) is 0.678. The van der Waals surface area contributed by atoms with Crippen LogP contribution in [0.3, 0.4) is 0 Å². The Morgan fingerprint density at radius 3 is 2.95 bits per heavy atom. The molecule has 1 unspecified atom stereocenters. The number of ether oxygens (including phenoxy) is 1. The number of carbonyl (C=O) groups excluding carboxylic acids is 1. The first kappa shape index (κ1) is 13.1. The van der Waals surface area contributed by atoms with Crippen LogP contribution in [-0.2, 0) is 4.74 Å². The van der Waals surface area contributed by atoms with Gasteiger partial charge in [0.25, 0.3) is 0 Å². The lowest BCUT2D eigenvalue weighted by molar-refractivity contribution is 0.0521. The summed E-state index contributed by atoms with van der Waals surface area (Å²) in [5.41, 5.74) is 6.11. The molecule has 2 aromatic heterocycles. The zero-order valence-electron chi connectivity index (χ0n) is 11.0. The summed E-state index contributed by atoms with van der Waals surface area (Å²) in [5, 5.41) is 6.57. The zero-order valence-corrected chi connectivity index (χ0v) is 11.0. The SMILES string of the molecule is CCOC(=O)c1nc(C)n(C(C)c2ncn[nH]2)c1N. The van der Waals surface area contributed by atoms with Gasteiger partial charge in [-0.15, -0.1) is 0 Å². The van der Waals surface area contributed by atoms with Crippen molar-refractivity contribution in [2.45, 2.75) is 26.8 Å². The van der Waals surface area contributed by atoms with Crippen molar-refractivity contribution in [1.82, 2.24) is 24.7 Å². The Morgan fingerprint density at radius 2 is 2.37 bits per heavy atom. The molecular formula is C11H16N6O2. The van der Waals surface area contributed by atoms with Gasteiger partial charge in [-0.25, -0.2) is 14.8 Å². The van der Waals surface area contributed by atoms with Crippen LogP contribution in [0.15, 0.2) is 6.33 Å². The van der Waals surface area contributed by atoms with E-state index in [1.165, 1.54) is 6.33 Å². The normalized spacial score (nSPS) is 12.4. The van der Waals surface area contributed by atoms with Gasteiger partial charge >= 0.3 is 5.97 Å². The number of anilines is 1. The molecule has 19 heavy (non-hydrogen) atoms. The summed E-state index contributed by atoms with van der Waals surface area (Å²) in [6.45, 7) is 5.67. The third-order valence-corrected chi connectivity index (χ3v) is 2.81. The third kappa shape index (κ3) is 2.28. The smallest absolute Gasteiger partial charge is 0.360 e. The van der Waals surface area contributed by atoms with Gasteiger partial charge in [0.1, 0.15) is 23.8 Å². The number of nitrogen functional groups attached to an aromatic ring is 1.